The maximum atomic E-state index is 5.74. The van der Waals surface area contributed by atoms with Crippen molar-refractivity contribution in [1.29, 1.82) is 0 Å². The van der Waals surface area contributed by atoms with Crippen molar-refractivity contribution in [3.05, 3.63) is 17.6 Å². The summed E-state index contributed by atoms with van der Waals surface area (Å²) in [6, 6.07) is 1.81. The third-order valence-corrected chi connectivity index (χ3v) is 3.54. The summed E-state index contributed by atoms with van der Waals surface area (Å²) in [4.78, 5) is 11.2. The summed E-state index contributed by atoms with van der Waals surface area (Å²) < 4.78 is 0. The number of anilines is 1. The van der Waals surface area contributed by atoms with Gasteiger partial charge in [0.1, 0.15) is 11.6 Å². The highest BCUT2D eigenvalue weighted by Gasteiger charge is 2.25. The molecule has 0 aliphatic carbocycles. The molecule has 94 valence electrons. The molecule has 1 aliphatic heterocycles. The van der Waals surface area contributed by atoms with Crippen molar-refractivity contribution in [3.63, 3.8) is 0 Å². The molecule has 1 fully saturated rings. The van der Waals surface area contributed by atoms with Gasteiger partial charge in [0.15, 0.2) is 0 Å². The Morgan fingerprint density at radius 1 is 1.47 bits per heavy atom. The minimum Gasteiger partial charge on any atom is -0.384 e. The molecule has 0 spiro atoms. The summed E-state index contributed by atoms with van der Waals surface area (Å²) >= 11 is 0. The van der Waals surface area contributed by atoms with E-state index in [0.717, 1.165) is 43.0 Å². The minimum atomic E-state index is 0.576. The number of aromatic nitrogens is 2. The second-order valence-corrected chi connectivity index (χ2v) is 5.38. The topological polar surface area (TPSA) is 55.0 Å². The van der Waals surface area contributed by atoms with Crippen LogP contribution in [0.3, 0.4) is 0 Å². The Labute approximate surface area is 103 Å². The van der Waals surface area contributed by atoms with Crippen LogP contribution in [-0.4, -0.2) is 28.0 Å². The molecule has 0 saturated carbocycles. The quantitative estimate of drug-likeness (QED) is 0.867. The summed E-state index contributed by atoms with van der Waals surface area (Å²) in [6.45, 7) is 9.71. The largest absolute Gasteiger partial charge is 0.384 e. The highest BCUT2D eigenvalue weighted by atomic mass is 15.2. The molecule has 17 heavy (non-hydrogen) atoms. The lowest BCUT2D eigenvalue weighted by Crippen LogP contribution is -2.23. The number of likely N-dealkylation sites (tertiary alicyclic amines) is 1. The molecule has 4 heteroatoms. The van der Waals surface area contributed by atoms with E-state index in [1.54, 1.807) is 0 Å². The van der Waals surface area contributed by atoms with Crippen LogP contribution in [0.15, 0.2) is 6.07 Å². The lowest BCUT2D eigenvalue weighted by Gasteiger charge is -2.17. The van der Waals surface area contributed by atoms with Gasteiger partial charge in [-0.05, 0) is 31.7 Å². The molecule has 1 aliphatic rings. The van der Waals surface area contributed by atoms with Crippen molar-refractivity contribution >= 4 is 5.82 Å². The second-order valence-electron chi connectivity index (χ2n) is 5.38. The fourth-order valence-corrected chi connectivity index (χ4v) is 2.48. The summed E-state index contributed by atoms with van der Waals surface area (Å²) in [5, 5.41) is 0. The van der Waals surface area contributed by atoms with Crippen LogP contribution in [0.4, 0.5) is 5.82 Å². The monoisotopic (exact) mass is 234 g/mol. The summed E-state index contributed by atoms with van der Waals surface area (Å²) in [5.41, 5.74) is 6.69. The smallest absolute Gasteiger partial charge is 0.144 e. The van der Waals surface area contributed by atoms with E-state index in [2.05, 4.69) is 28.7 Å². The number of aryl methyl sites for hydroxylation is 1. The van der Waals surface area contributed by atoms with Crippen molar-refractivity contribution in [1.82, 2.24) is 14.9 Å². The molecule has 1 atom stereocenters. The van der Waals surface area contributed by atoms with Crippen LogP contribution in [0.25, 0.3) is 0 Å². The lowest BCUT2D eigenvalue weighted by molar-refractivity contribution is 0.290. The molecule has 0 radical (unpaired) electrons. The van der Waals surface area contributed by atoms with Crippen LogP contribution < -0.4 is 5.73 Å². The Morgan fingerprint density at radius 2 is 2.24 bits per heavy atom. The molecule has 2 rings (SSSR count). The number of hydrogen-bond donors (Lipinski definition) is 1. The molecular formula is C13H22N4. The van der Waals surface area contributed by atoms with Crippen LogP contribution in [0, 0.1) is 18.8 Å². The average molecular weight is 234 g/mol. The Hall–Kier alpha value is -1.16. The number of hydrogen-bond acceptors (Lipinski definition) is 4. The molecule has 1 unspecified atom stereocenters. The Kier molecular flexibility index (Phi) is 3.62. The van der Waals surface area contributed by atoms with E-state index in [9.17, 15) is 0 Å². The van der Waals surface area contributed by atoms with Gasteiger partial charge in [0.05, 0.1) is 6.54 Å². The van der Waals surface area contributed by atoms with Gasteiger partial charge >= 0.3 is 0 Å². The van der Waals surface area contributed by atoms with Crippen molar-refractivity contribution in [2.45, 2.75) is 33.7 Å². The molecule has 0 aromatic carbocycles. The van der Waals surface area contributed by atoms with E-state index >= 15 is 0 Å². The number of nitrogens with two attached hydrogens (primary N) is 1. The molecule has 1 aromatic heterocycles. The van der Waals surface area contributed by atoms with Gasteiger partial charge in [-0.25, -0.2) is 9.97 Å². The Morgan fingerprint density at radius 3 is 2.82 bits per heavy atom. The minimum absolute atomic E-state index is 0.576. The summed E-state index contributed by atoms with van der Waals surface area (Å²) in [6.07, 6.45) is 1.29. The van der Waals surface area contributed by atoms with Crippen LogP contribution in [0.1, 0.15) is 31.8 Å². The predicted octanol–water partition coefficient (Wildman–Crippen LogP) is 1.85. The van der Waals surface area contributed by atoms with Gasteiger partial charge in [0, 0.05) is 18.3 Å². The van der Waals surface area contributed by atoms with Gasteiger partial charge in [-0.2, -0.15) is 0 Å². The Balaban J connectivity index is 1.98. The molecule has 1 aromatic rings. The Bertz CT molecular complexity index is 369. The standard InChI is InChI=1S/C13H22N4/c1-9(2)11-4-5-17(7-11)8-13-15-10(3)6-12(14)16-13/h6,9,11H,4-5,7-8H2,1-3H3,(H2,14,15,16). The van der Waals surface area contributed by atoms with E-state index in [1.807, 2.05) is 13.0 Å². The highest BCUT2D eigenvalue weighted by molar-refractivity contribution is 5.29. The molecule has 0 bridgehead atoms. The highest BCUT2D eigenvalue weighted by Crippen LogP contribution is 2.24. The van der Waals surface area contributed by atoms with E-state index in [1.165, 1.54) is 6.42 Å². The van der Waals surface area contributed by atoms with Gasteiger partial charge < -0.3 is 5.73 Å². The summed E-state index contributed by atoms with van der Waals surface area (Å²) in [7, 11) is 0. The second kappa shape index (κ2) is 5.00. The first-order valence-corrected chi connectivity index (χ1v) is 6.37. The van der Waals surface area contributed by atoms with Crippen molar-refractivity contribution in [2.75, 3.05) is 18.8 Å². The normalized spacial score (nSPS) is 21.3. The van der Waals surface area contributed by atoms with Gasteiger partial charge in [0.25, 0.3) is 0 Å². The van der Waals surface area contributed by atoms with Crippen molar-refractivity contribution in [2.24, 2.45) is 11.8 Å². The van der Waals surface area contributed by atoms with E-state index in [-0.39, 0.29) is 0 Å². The average Bonchev–Trinajstić information content (AvgIpc) is 2.64. The lowest BCUT2D eigenvalue weighted by atomic mass is 9.95. The molecular weight excluding hydrogens is 212 g/mol. The SMILES string of the molecule is Cc1cc(N)nc(CN2CCC(C(C)C)C2)n1. The van der Waals surface area contributed by atoms with Gasteiger partial charge in [-0.1, -0.05) is 13.8 Å². The van der Waals surface area contributed by atoms with E-state index in [0.29, 0.717) is 5.82 Å². The molecule has 2 N–H and O–H groups in total. The maximum Gasteiger partial charge on any atom is 0.144 e. The van der Waals surface area contributed by atoms with Crippen LogP contribution in [0.5, 0.6) is 0 Å². The van der Waals surface area contributed by atoms with Gasteiger partial charge in [0.2, 0.25) is 0 Å². The molecule has 2 heterocycles. The zero-order chi connectivity index (χ0) is 12.4. The van der Waals surface area contributed by atoms with Crippen molar-refractivity contribution in [3.8, 4) is 0 Å². The van der Waals surface area contributed by atoms with Crippen LogP contribution >= 0.6 is 0 Å². The fraction of sp³-hybridized carbons (Fsp3) is 0.692. The van der Waals surface area contributed by atoms with Crippen LogP contribution in [0.2, 0.25) is 0 Å². The first-order valence-electron chi connectivity index (χ1n) is 6.37. The third kappa shape index (κ3) is 3.16. The maximum absolute atomic E-state index is 5.74. The van der Waals surface area contributed by atoms with Gasteiger partial charge in [-0.15, -0.1) is 0 Å². The summed E-state index contributed by atoms with van der Waals surface area (Å²) in [5.74, 6) is 3.01. The van der Waals surface area contributed by atoms with Crippen LogP contribution in [-0.2, 0) is 6.54 Å². The fourth-order valence-electron chi connectivity index (χ4n) is 2.48. The number of rotatable bonds is 3. The zero-order valence-corrected chi connectivity index (χ0v) is 11.0. The predicted molar refractivity (Wildman–Crippen MR) is 69.4 cm³/mol. The number of nitrogens with zero attached hydrogens (tertiary/aromatic N) is 3. The number of nitrogen functional groups attached to an aromatic ring is 1. The van der Waals surface area contributed by atoms with Crippen molar-refractivity contribution < 1.29 is 0 Å². The first-order chi connectivity index (χ1) is 8.04. The van der Waals surface area contributed by atoms with E-state index < -0.39 is 0 Å². The van der Waals surface area contributed by atoms with E-state index in [4.69, 9.17) is 5.73 Å². The molecule has 0 amide bonds. The zero-order valence-electron chi connectivity index (χ0n) is 11.0. The first kappa shape index (κ1) is 12.3. The molecule has 4 nitrogen and oxygen atoms in total. The third-order valence-electron chi connectivity index (χ3n) is 3.54. The molecule has 1 saturated heterocycles. The van der Waals surface area contributed by atoms with Gasteiger partial charge in [-0.3, -0.25) is 4.90 Å².